The van der Waals surface area contributed by atoms with E-state index in [0.717, 1.165) is 6.42 Å². The van der Waals surface area contributed by atoms with Gasteiger partial charge < -0.3 is 5.73 Å². The molecule has 0 saturated carbocycles. The molecule has 0 fully saturated rings. The van der Waals surface area contributed by atoms with Crippen LogP contribution in [-0.2, 0) is 4.79 Å². The molecule has 0 aromatic carbocycles. The highest BCUT2D eigenvalue weighted by Gasteiger charge is 1.75. The Kier molecular flexibility index (Phi) is 4.25. The number of carbonyl (C=O) groups excluding carboxylic acids is 1. The van der Waals surface area contributed by atoms with Crippen molar-refractivity contribution in [3.05, 3.63) is 12.2 Å². The van der Waals surface area contributed by atoms with Gasteiger partial charge in [0.2, 0.25) is 5.91 Å². The lowest BCUT2D eigenvalue weighted by molar-refractivity contribution is -0.113. The molecule has 2 nitrogen and oxygen atoms in total. The SMILES string of the molecule is CCC#CC=CC(N)=O. The number of amides is 1. The Balaban J connectivity index is 3.59. The minimum atomic E-state index is -0.458. The summed E-state index contributed by atoms with van der Waals surface area (Å²) in [7, 11) is 0. The van der Waals surface area contributed by atoms with Gasteiger partial charge in [0.05, 0.1) is 0 Å². The molecule has 0 heterocycles. The molecular weight excluding hydrogens is 114 g/mol. The van der Waals surface area contributed by atoms with E-state index in [9.17, 15) is 4.79 Å². The minimum absolute atomic E-state index is 0.458. The van der Waals surface area contributed by atoms with Crippen LogP contribution in [0.3, 0.4) is 0 Å². The molecule has 9 heavy (non-hydrogen) atoms. The average molecular weight is 123 g/mol. The van der Waals surface area contributed by atoms with Gasteiger partial charge in [0.1, 0.15) is 0 Å². The van der Waals surface area contributed by atoms with Gasteiger partial charge in [0.15, 0.2) is 0 Å². The van der Waals surface area contributed by atoms with Crippen molar-refractivity contribution in [2.24, 2.45) is 5.73 Å². The van der Waals surface area contributed by atoms with E-state index >= 15 is 0 Å². The smallest absolute Gasteiger partial charge is 0.242 e. The van der Waals surface area contributed by atoms with Crippen LogP contribution in [0.15, 0.2) is 12.2 Å². The summed E-state index contributed by atoms with van der Waals surface area (Å²) in [5.74, 6) is 4.94. The molecule has 2 N–H and O–H groups in total. The summed E-state index contributed by atoms with van der Waals surface area (Å²) in [6.07, 6.45) is 3.48. The lowest BCUT2D eigenvalue weighted by Crippen LogP contribution is -2.04. The van der Waals surface area contributed by atoms with Gasteiger partial charge in [0.25, 0.3) is 0 Å². The molecule has 48 valence electrons. The second kappa shape index (κ2) is 4.92. The fraction of sp³-hybridized carbons (Fsp3) is 0.286. The van der Waals surface area contributed by atoms with E-state index in [0.29, 0.717) is 0 Å². The molecule has 0 aliphatic carbocycles. The third-order valence-electron chi connectivity index (χ3n) is 0.610. The van der Waals surface area contributed by atoms with E-state index in [-0.39, 0.29) is 0 Å². The van der Waals surface area contributed by atoms with Crippen molar-refractivity contribution in [3.8, 4) is 11.8 Å². The van der Waals surface area contributed by atoms with Crippen LogP contribution in [0, 0.1) is 11.8 Å². The van der Waals surface area contributed by atoms with Gasteiger partial charge in [-0.25, -0.2) is 0 Å². The van der Waals surface area contributed by atoms with E-state index in [1.165, 1.54) is 12.2 Å². The highest BCUT2D eigenvalue weighted by molar-refractivity contribution is 5.86. The highest BCUT2D eigenvalue weighted by atomic mass is 16.1. The third-order valence-corrected chi connectivity index (χ3v) is 0.610. The number of hydrogen-bond acceptors (Lipinski definition) is 1. The summed E-state index contributed by atoms with van der Waals surface area (Å²) in [6, 6.07) is 0. The molecule has 1 amide bonds. The standard InChI is InChI=1S/C7H9NO/c1-2-3-4-5-6-7(8)9/h5-6H,2H2,1H3,(H2,8,9). The van der Waals surface area contributed by atoms with Gasteiger partial charge in [-0.05, 0) is 6.08 Å². The normalized spacial score (nSPS) is 8.56. The summed E-state index contributed by atoms with van der Waals surface area (Å²) in [4.78, 5) is 10.0. The Hall–Kier alpha value is -1.23. The van der Waals surface area contributed by atoms with Gasteiger partial charge in [-0.2, -0.15) is 0 Å². The Morgan fingerprint density at radius 3 is 2.89 bits per heavy atom. The molecule has 0 unspecified atom stereocenters. The maximum atomic E-state index is 10.0. The quantitative estimate of drug-likeness (QED) is 0.399. The summed E-state index contributed by atoms with van der Waals surface area (Å²) in [5, 5.41) is 0. The maximum absolute atomic E-state index is 10.0. The minimum Gasteiger partial charge on any atom is -0.366 e. The largest absolute Gasteiger partial charge is 0.366 e. The maximum Gasteiger partial charge on any atom is 0.242 e. The lowest BCUT2D eigenvalue weighted by atomic mass is 10.4. The van der Waals surface area contributed by atoms with Crippen molar-refractivity contribution < 1.29 is 4.79 Å². The number of rotatable bonds is 1. The zero-order valence-corrected chi connectivity index (χ0v) is 5.35. The van der Waals surface area contributed by atoms with E-state index < -0.39 is 5.91 Å². The molecule has 0 spiro atoms. The molecule has 0 radical (unpaired) electrons. The zero-order valence-electron chi connectivity index (χ0n) is 5.35. The predicted molar refractivity (Wildman–Crippen MR) is 36.4 cm³/mol. The van der Waals surface area contributed by atoms with Crippen molar-refractivity contribution in [2.45, 2.75) is 13.3 Å². The summed E-state index contributed by atoms with van der Waals surface area (Å²) >= 11 is 0. The second-order valence-electron chi connectivity index (χ2n) is 1.41. The average Bonchev–Trinajstić information content (AvgIpc) is 1.80. The molecule has 0 saturated heterocycles. The summed E-state index contributed by atoms with van der Waals surface area (Å²) in [5.41, 5.74) is 4.78. The molecule has 0 aliphatic rings. The molecule has 0 rings (SSSR count). The van der Waals surface area contributed by atoms with Crippen molar-refractivity contribution in [2.75, 3.05) is 0 Å². The van der Waals surface area contributed by atoms with Crippen LogP contribution >= 0.6 is 0 Å². The zero-order chi connectivity index (χ0) is 7.11. The van der Waals surface area contributed by atoms with Gasteiger partial charge in [-0.15, -0.1) is 0 Å². The van der Waals surface area contributed by atoms with Crippen LogP contribution < -0.4 is 5.73 Å². The van der Waals surface area contributed by atoms with Gasteiger partial charge in [-0.3, -0.25) is 4.79 Å². The fourth-order valence-corrected chi connectivity index (χ4v) is 0.285. The second-order valence-corrected chi connectivity index (χ2v) is 1.41. The Morgan fingerprint density at radius 1 is 1.78 bits per heavy atom. The van der Waals surface area contributed by atoms with Gasteiger partial charge in [0, 0.05) is 12.5 Å². The Morgan fingerprint density at radius 2 is 2.44 bits per heavy atom. The van der Waals surface area contributed by atoms with Crippen LogP contribution in [0.1, 0.15) is 13.3 Å². The molecule has 0 atom stereocenters. The van der Waals surface area contributed by atoms with E-state index in [4.69, 9.17) is 5.73 Å². The van der Waals surface area contributed by atoms with Crippen molar-refractivity contribution in [1.82, 2.24) is 0 Å². The fourth-order valence-electron chi connectivity index (χ4n) is 0.285. The lowest BCUT2D eigenvalue weighted by Gasteiger charge is -1.72. The molecule has 2 heteroatoms. The summed E-state index contributed by atoms with van der Waals surface area (Å²) in [6.45, 7) is 1.94. The van der Waals surface area contributed by atoms with Crippen LogP contribution in [0.25, 0.3) is 0 Å². The Bertz CT molecular complexity index is 171. The molecular formula is C7H9NO. The monoisotopic (exact) mass is 123 g/mol. The van der Waals surface area contributed by atoms with Gasteiger partial charge in [-0.1, -0.05) is 18.8 Å². The number of allylic oxidation sites excluding steroid dienone is 1. The first-order valence-corrected chi connectivity index (χ1v) is 2.71. The third kappa shape index (κ3) is 6.77. The first kappa shape index (κ1) is 7.77. The van der Waals surface area contributed by atoms with Gasteiger partial charge >= 0.3 is 0 Å². The number of nitrogens with two attached hydrogens (primary N) is 1. The number of hydrogen-bond donors (Lipinski definition) is 1. The molecule has 0 aromatic heterocycles. The number of carbonyl (C=O) groups is 1. The molecule has 0 aliphatic heterocycles. The molecule has 0 bridgehead atoms. The van der Waals surface area contributed by atoms with Crippen molar-refractivity contribution in [3.63, 3.8) is 0 Å². The van der Waals surface area contributed by atoms with Crippen LogP contribution in [0.4, 0.5) is 0 Å². The topological polar surface area (TPSA) is 43.1 Å². The van der Waals surface area contributed by atoms with Crippen molar-refractivity contribution >= 4 is 5.91 Å². The van der Waals surface area contributed by atoms with E-state index in [1.54, 1.807) is 0 Å². The molecule has 0 aromatic rings. The summed E-state index contributed by atoms with van der Waals surface area (Å²) < 4.78 is 0. The van der Waals surface area contributed by atoms with Crippen molar-refractivity contribution in [1.29, 1.82) is 0 Å². The van der Waals surface area contributed by atoms with E-state index in [1.807, 2.05) is 6.92 Å². The van der Waals surface area contributed by atoms with Crippen LogP contribution in [0.2, 0.25) is 0 Å². The Labute approximate surface area is 54.7 Å². The van der Waals surface area contributed by atoms with E-state index in [2.05, 4.69) is 11.8 Å². The van der Waals surface area contributed by atoms with Crippen LogP contribution in [-0.4, -0.2) is 5.91 Å². The first-order valence-electron chi connectivity index (χ1n) is 2.71. The highest BCUT2D eigenvalue weighted by Crippen LogP contribution is 1.70. The first-order chi connectivity index (χ1) is 4.27. The number of primary amides is 1. The van der Waals surface area contributed by atoms with Crippen LogP contribution in [0.5, 0.6) is 0 Å². The predicted octanol–water partition coefficient (Wildman–Crippen LogP) is 0.441.